The highest BCUT2D eigenvalue weighted by Crippen LogP contribution is 2.31. The molecule has 0 N–H and O–H groups in total. The largest absolute Gasteiger partial charge is 0.237 e. The Morgan fingerprint density at radius 3 is 2.65 bits per heavy atom. The Labute approximate surface area is 105 Å². The van der Waals surface area contributed by atoms with Gasteiger partial charge >= 0.3 is 0 Å². The van der Waals surface area contributed by atoms with Gasteiger partial charge in [0.2, 0.25) is 0 Å². The van der Waals surface area contributed by atoms with Gasteiger partial charge in [-0.15, -0.1) is 11.3 Å². The predicted molar refractivity (Wildman–Crippen MR) is 76.0 cm³/mol. The Morgan fingerprint density at radius 2 is 1.88 bits per heavy atom. The summed E-state index contributed by atoms with van der Waals surface area (Å²) in [6.45, 7) is 6.57. The number of hydrogen-bond acceptors (Lipinski definition) is 2. The summed E-state index contributed by atoms with van der Waals surface area (Å²) >= 11 is 1.81. The van der Waals surface area contributed by atoms with Gasteiger partial charge < -0.3 is 0 Å². The molecular weight excluding hydrogens is 226 g/mol. The zero-order chi connectivity index (χ0) is 12.0. The number of thiophene rings is 1. The molecule has 0 fully saturated rings. The molecule has 0 saturated heterocycles. The van der Waals surface area contributed by atoms with Gasteiger partial charge in [0.05, 0.1) is 5.52 Å². The summed E-state index contributed by atoms with van der Waals surface area (Å²) in [6.07, 6.45) is 0. The topological polar surface area (TPSA) is 12.9 Å². The predicted octanol–water partition coefficient (Wildman–Crippen LogP) is 4.88. The van der Waals surface area contributed by atoms with Crippen LogP contribution in [0.3, 0.4) is 0 Å². The molecule has 0 saturated carbocycles. The second-order valence-corrected chi connectivity index (χ2v) is 5.94. The Morgan fingerprint density at radius 1 is 1.06 bits per heavy atom. The molecule has 0 radical (unpaired) electrons. The maximum atomic E-state index is 4.76. The minimum Gasteiger partial charge on any atom is -0.237 e. The third kappa shape index (κ3) is 1.83. The van der Waals surface area contributed by atoms with E-state index in [4.69, 9.17) is 4.98 Å². The van der Waals surface area contributed by atoms with Crippen LogP contribution in [0.1, 0.15) is 30.2 Å². The van der Waals surface area contributed by atoms with E-state index in [1.807, 2.05) is 11.3 Å². The van der Waals surface area contributed by atoms with E-state index in [1.165, 1.54) is 21.2 Å². The number of aryl methyl sites for hydroxylation is 1. The first-order chi connectivity index (χ1) is 8.13. The number of nitrogens with zero attached hydrogens (tertiary/aromatic N) is 1. The van der Waals surface area contributed by atoms with Crippen LogP contribution >= 0.6 is 11.3 Å². The van der Waals surface area contributed by atoms with Gasteiger partial charge in [-0.25, -0.2) is 4.98 Å². The molecule has 0 unspecified atom stereocenters. The molecule has 17 heavy (non-hydrogen) atoms. The van der Waals surface area contributed by atoms with Crippen LogP contribution in [0.5, 0.6) is 0 Å². The van der Waals surface area contributed by atoms with Gasteiger partial charge in [-0.1, -0.05) is 26.0 Å². The molecule has 2 heteroatoms. The number of pyridine rings is 1. The highest BCUT2D eigenvalue weighted by Gasteiger charge is 2.07. The van der Waals surface area contributed by atoms with Crippen LogP contribution in [0.25, 0.3) is 21.1 Å². The Balaban J connectivity index is 2.32. The highest BCUT2D eigenvalue weighted by molar-refractivity contribution is 7.18. The normalized spacial score (nSPS) is 11.8. The molecule has 3 rings (SSSR count). The number of rotatable bonds is 1. The van der Waals surface area contributed by atoms with Gasteiger partial charge in [0, 0.05) is 15.6 Å². The third-order valence-electron chi connectivity index (χ3n) is 3.05. The third-order valence-corrected chi connectivity index (χ3v) is 4.39. The van der Waals surface area contributed by atoms with Gasteiger partial charge in [-0.2, -0.15) is 0 Å². The summed E-state index contributed by atoms with van der Waals surface area (Å²) in [5.74, 6) is 0.582. The summed E-state index contributed by atoms with van der Waals surface area (Å²) in [5, 5.41) is 2.51. The van der Waals surface area contributed by atoms with Crippen LogP contribution in [0.15, 0.2) is 30.3 Å². The van der Waals surface area contributed by atoms with Gasteiger partial charge in [-0.05, 0) is 36.6 Å². The molecule has 0 spiro atoms. The average Bonchev–Trinajstić information content (AvgIpc) is 2.68. The van der Waals surface area contributed by atoms with Crippen LogP contribution in [0.4, 0.5) is 0 Å². The first kappa shape index (κ1) is 10.7. The SMILES string of the molecule is Cc1ccc2cc3cc(C(C)C)sc3nc2c1. The van der Waals surface area contributed by atoms with Crippen LogP contribution in [-0.2, 0) is 0 Å². The molecule has 0 aliphatic rings. The van der Waals surface area contributed by atoms with Crippen LogP contribution in [0.2, 0.25) is 0 Å². The second-order valence-electron chi connectivity index (χ2n) is 4.88. The standard InChI is InChI=1S/C15H15NS/c1-9(2)14-8-12-7-11-5-4-10(3)6-13(11)16-15(12)17-14/h4-9H,1-3H3. The van der Waals surface area contributed by atoms with Crippen molar-refractivity contribution >= 4 is 32.5 Å². The molecule has 1 nitrogen and oxygen atoms in total. The van der Waals surface area contributed by atoms with Crippen molar-refractivity contribution in [2.24, 2.45) is 0 Å². The number of aromatic nitrogens is 1. The molecule has 2 aromatic heterocycles. The van der Waals surface area contributed by atoms with Crippen LogP contribution < -0.4 is 0 Å². The van der Waals surface area contributed by atoms with E-state index >= 15 is 0 Å². The van der Waals surface area contributed by atoms with Crippen molar-refractivity contribution in [2.45, 2.75) is 26.7 Å². The lowest BCUT2D eigenvalue weighted by Gasteiger charge is -1.98. The zero-order valence-electron chi connectivity index (χ0n) is 10.3. The van der Waals surface area contributed by atoms with Gasteiger partial charge in [0.15, 0.2) is 0 Å². The maximum Gasteiger partial charge on any atom is 0.124 e. The van der Waals surface area contributed by atoms with Gasteiger partial charge in [0.25, 0.3) is 0 Å². The zero-order valence-corrected chi connectivity index (χ0v) is 11.1. The van der Waals surface area contributed by atoms with E-state index in [2.05, 4.69) is 51.1 Å². The van der Waals surface area contributed by atoms with E-state index in [1.54, 1.807) is 0 Å². The monoisotopic (exact) mass is 241 g/mol. The smallest absolute Gasteiger partial charge is 0.124 e. The molecule has 0 aliphatic carbocycles. The van der Waals surface area contributed by atoms with Crippen molar-refractivity contribution in [3.63, 3.8) is 0 Å². The fourth-order valence-electron chi connectivity index (χ4n) is 2.04. The van der Waals surface area contributed by atoms with E-state index in [0.29, 0.717) is 5.92 Å². The average molecular weight is 241 g/mol. The maximum absolute atomic E-state index is 4.76. The lowest BCUT2D eigenvalue weighted by Crippen LogP contribution is -1.79. The van der Waals surface area contributed by atoms with E-state index in [9.17, 15) is 0 Å². The Hall–Kier alpha value is -1.41. The van der Waals surface area contributed by atoms with Gasteiger partial charge in [-0.3, -0.25) is 0 Å². The van der Waals surface area contributed by atoms with Crippen molar-refractivity contribution in [2.75, 3.05) is 0 Å². The fourth-order valence-corrected chi connectivity index (χ4v) is 3.06. The summed E-state index contributed by atoms with van der Waals surface area (Å²) in [4.78, 5) is 7.34. The first-order valence-corrected chi connectivity index (χ1v) is 6.76. The highest BCUT2D eigenvalue weighted by atomic mass is 32.1. The molecule has 86 valence electrons. The summed E-state index contributed by atoms with van der Waals surface area (Å²) in [5.41, 5.74) is 2.37. The van der Waals surface area contributed by atoms with E-state index < -0.39 is 0 Å². The van der Waals surface area contributed by atoms with Crippen LogP contribution in [0, 0.1) is 6.92 Å². The minimum absolute atomic E-state index is 0.582. The van der Waals surface area contributed by atoms with Crippen molar-refractivity contribution in [3.05, 3.63) is 40.8 Å². The van der Waals surface area contributed by atoms with Crippen molar-refractivity contribution in [1.29, 1.82) is 0 Å². The molecule has 1 aromatic carbocycles. The number of hydrogen-bond donors (Lipinski definition) is 0. The molecule has 2 heterocycles. The Bertz CT molecular complexity index is 695. The van der Waals surface area contributed by atoms with Crippen molar-refractivity contribution in [1.82, 2.24) is 4.98 Å². The number of fused-ring (bicyclic) bond motifs is 2. The molecule has 0 atom stereocenters. The summed E-state index contributed by atoms with van der Waals surface area (Å²) in [7, 11) is 0. The quantitative estimate of drug-likeness (QED) is 0.591. The first-order valence-electron chi connectivity index (χ1n) is 5.94. The Kier molecular flexibility index (Phi) is 2.40. The minimum atomic E-state index is 0.582. The van der Waals surface area contributed by atoms with Crippen molar-refractivity contribution in [3.8, 4) is 0 Å². The number of benzene rings is 1. The lowest BCUT2D eigenvalue weighted by atomic mass is 10.1. The lowest BCUT2D eigenvalue weighted by molar-refractivity contribution is 0.890. The van der Waals surface area contributed by atoms with Crippen molar-refractivity contribution < 1.29 is 0 Å². The summed E-state index contributed by atoms with van der Waals surface area (Å²) in [6, 6.07) is 11.0. The van der Waals surface area contributed by atoms with E-state index in [-0.39, 0.29) is 0 Å². The fraction of sp³-hybridized carbons (Fsp3) is 0.267. The summed E-state index contributed by atoms with van der Waals surface area (Å²) < 4.78 is 0. The van der Waals surface area contributed by atoms with Gasteiger partial charge in [0.1, 0.15) is 4.83 Å². The van der Waals surface area contributed by atoms with E-state index in [0.717, 1.165) is 10.3 Å². The molecule has 0 aliphatic heterocycles. The molecule has 0 bridgehead atoms. The van der Waals surface area contributed by atoms with Crippen LogP contribution in [-0.4, -0.2) is 4.98 Å². The molecule has 0 amide bonds. The second kappa shape index (κ2) is 3.81. The molecule has 3 aromatic rings. The molecular formula is C15H15NS.